The predicted octanol–water partition coefficient (Wildman–Crippen LogP) is 2.32. The van der Waals surface area contributed by atoms with Gasteiger partial charge in [-0.1, -0.05) is 20.3 Å². The molecule has 18 heavy (non-hydrogen) atoms. The van der Waals surface area contributed by atoms with E-state index in [4.69, 9.17) is 5.11 Å². The zero-order valence-corrected chi connectivity index (χ0v) is 12.1. The van der Waals surface area contributed by atoms with Gasteiger partial charge in [-0.2, -0.15) is 0 Å². The number of carboxylic acid groups (broad SMARTS) is 1. The van der Waals surface area contributed by atoms with Gasteiger partial charge in [0.1, 0.15) is 0 Å². The molecule has 0 heterocycles. The summed E-state index contributed by atoms with van der Waals surface area (Å²) in [6.45, 7) is 8.09. The first-order chi connectivity index (χ1) is 8.26. The van der Waals surface area contributed by atoms with Gasteiger partial charge in [0, 0.05) is 19.1 Å². The molecule has 0 radical (unpaired) electrons. The van der Waals surface area contributed by atoms with Crippen molar-refractivity contribution in [2.24, 2.45) is 5.92 Å². The molecule has 0 aromatic carbocycles. The lowest BCUT2D eigenvalue weighted by molar-refractivity contribution is -0.141. The summed E-state index contributed by atoms with van der Waals surface area (Å²) in [5.74, 6) is -1.35. The molecule has 0 aliphatic rings. The summed E-state index contributed by atoms with van der Waals surface area (Å²) in [5, 5.41) is 11.7. The van der Waals surface area contributed by atoms with Crippen molar-refractivity contribution in [2.75, 3.05) is 13.6 Å². The van der Waals surface area contributed by atoms with Gasteiger partial charge >= 0.3 is 12.0 Å². The van der Waals surface area contributed by atoms with Gasteiger partial charge in [-0.15, -0.1) is 0 Å². The second kappa shape index (κ2) is 7.24. The number of carboxylic acids is 1. The van der Waals surface area contributed by atoms with Crippen LogP contribution in [0.1, 0.15) is 47.0 Å². The third-order valence-electron chi connectivity index (χ3n) is 3.56. The Morgan fingerprint density at radius 1 is 1.33 bits per heavy atom. The van der Waals surface area contributed by atoms with Crippen LogP contribution < -0.4 is 5.32 Å². The molecule has 0 aromatic heterocycles. The number of aliphatic carboxylic acids is 1. The van der Waals surface area contributed by atoms with Crippen LogP contribution in [0.25, 0.3) is 0 Å². The fourth-order valence-corrected chi connectivity index (χ4v) is 1.50. The van der Waals surface area contributed by atoms with E-state index < -0.39 is 11.9 Å². The summed E-state index contributed by atoms with van der Waals surface area (Å²) in [6, 6.07) is -0.218. The van der Waals surface area contributed by atoms with Crippen LogP contribution >= 0.6 is 0 Å². The Morgan fingerprint density at radius 3 is 2.28 bits per heavy atom. The minimum Gasteiger partial charge on any atom is -0.481 e. The van der Waals surface area contributed by atoms with Crippen LogP contribution in [0, 0.1) is 5.92 Å². The Kier molecular flexibility index (Phi) is 6.73. The number of carbonyl (C=O) groups is 2. The van der Waals surface area contributed by atoms with Gasteiger partial charge in [0.05, 0.1) is 5.92 Å². The first-order valence-corrected chi connectivity index (χ1v) is 6.50. The highest BCUT2D eigenvalue weighted by Crippen LogP contribution is 2.16. The lowest BCUT2D eigenvalue weighted by Crippen LogP contribution is -2.50. The van der Waals surface area contributed by atoms with E-state index in [2.05, 4.69) is 5.32 Å². The second-order valence-corrected chi connectivity index (χ2v) is 5.23. The predicted molar refractivity (Wildman–Crippen MR) is 71.6 cm³/mol. The molecule has 0 saturated carbocycles. The number of rotatable bonds is 7. The van der Waals surface area contributed by atoms with Crippen molar-refractivity contribution in [3.63, 3.8) is 0 Å². The third-order valence-corrected chi connectivity index (χ3v) is 3.56. The molecule has 0 fully saturated rings. The average molecular weight is 258 g/mol. The molecule has 0 saturated heterocycles. The van der Waals surface area contributed by atoms with Crippen molar-refractivity contribution in [3.8, 4) is 0 Å². The number of amides is 2. The number of nitrogens with one attached hydrogen (secondary N) is 1. The fraction of sp³-hybridized carbons (Fsp3) is 0.846. The normalized spacial score (nSPS) is 12.9. The molecule has 106 valence electrons. The van der Waals surface area contributed by atoms with Gasteiger partial charge in [-0.05, 0) is 26.7 Å². The van der Waals surface area contributed by atoms with E-state index in [1.165, 1.54) is 0 Å². The Balaban J connectivity index is 4.36. The van der Waals surface area contributed by atoms with E-state index in [0.717, 1.165) is 12.8 Å². The van der Waals surface area contributed by atoms with Crippen LogP contribution in [-0.4, -0.2) is 41.1 Å². The maximum Gasteiger partial charge on any atom is 0.317 e. The van der Waals surface area contributed by atoms with Gasteiger partial charge in [-0.3, -0.25) is 4.79 Å². The zero-order chi connectivity index (χ0) is 14.3. The molecule has 0 aliphatic carbocycles. The summed E-state index contributed by atoms with van der Waals surface area (Å²) >= 11 is 0. The van der Waals surface area contributed by atoms with Gasteiger partial charge in [0.2, 0.25) is 0 Å². The first kappa shape index (κ1) is 16.7. The van der Waals surface area contributed by atoms with Crippen molar-refractivity contribution < 1.29 is 14.7 Å². The minimum atomic E-state index is -0.852. The molecule has 2 amide bonds. The van der Waals surface area contributed by atoms with E-state index in [1.54, 1.807) is 11.9 Å². The number of carbonyl (C=O) groups excluding carboxylic acids is 1. The average Bonchev–Trinajstić information content (AvgIpc) is 2.32. The highest BCUT2D eigenvalue weighted by atomic mass is 16.4. The Hall–Kier alpha value is -1.26. The van der Waals surface area contributed by atoms with Crippen LogP contribution in [0.15, 0.2) is 0 Å². The monoisotopic (exact) mass is 258 g/mol. The standard InChI is InChI=1S/C13H26N2O3/c1-6-8-10(11(16)17)9-14-12(18)15(5)13(3,4)7-2/h10H,6-9H2,1-5H3,(H,14,18)(H,16,17). The largest absolute Gasteiger partial charge is 0.481 e. The second-order valence-electron chi connectivity index (χ2n) is 5.23. The number of hydrogen-bond acceptors (Lipinski definition) is 2. The van der Waals surface area contributed by atoms with Crippen LogP contribution in [0.2, 0.25) is 0 Å². The molecule has 0 aromatic rings. The van der Waals surface area contributed by atoms with Crippen LogP contribution in [0.4, 0.5) is 4.79 Å². The summed E-state index contributed by atoms with van der Waals surface area (Å²) in [6.07, 6.45) is 2.22. The number of nitrogens with zero attached hydrogens (tertiary/aromatic N) is 1. The quantitative estimate of drug-likeness (QED) is 0.736. The van der Waals surface area contributed by atoms with Gasteiger partial charge in [0.25, 0.3) is 0 Å². The lowest BCUT2D eigenvalue weighted by atomic mass is 10.0. The minimum absolute atomic E-state index is 0.187. The van der Waals surface area contributed by atoms with E-state index >= 15 is 0 Å². The van der Waals surface area contributed by atoms with E-state index in [-0.39, 0.29) is 18.1 Å². The SMILES string of the molecule is CCCC(CNC(=O)N(C)C(C)(C)CC)C(=O)O. The number of hydrogen-bond donors (Lipinski definition) is 2. The summed E-state index contributed by atoms with van der Waals surface area (Å²) in [5.41, 5.74) is -0.229. The first-order valence-electron chi connectivity index (χ1n) is 6.50. The summed E-state index contributed by atoms with van der Waals surface area (Å²) in [7, 11) is 1.73. The van der Waals surface area contributed by atoms with E-state index in [1.807, 2.05) is 27.7 Å². The molecule has 0 spiro atoms. The molecular weight excluding hydrogens is 232 g/mol. The molecule has 5 heteroatoms. The van der Waals surface area contributed by atoms with Crippen molar-refractivity contribution in [1.29, 1.82) is 0 Å². The molecular formula is C13H26N2O3. The maximum absolute atomic E-state index is 11.9. The van der Waals surface area contributed by atoms with Crippen LogP contribution in [0.5, 0.6) is 0 Å². The molecule has 1 atom stereocenters. The van der Waals surface area contributed by atoms with Crippen LogP contribution in [-0.2, 0) is 4.79 Å². The highest BCUT2D eigenvalue weighted by molar-refractivity contribution is 5.76. The van der Waals surface area contributed by atoms with Gasteiger partial charge < -0.3 is 15.3 Å². The van der Waals surface area contributed by atoms with Crippen LogP contribution in [0.3, 0.4) is 0 Å². The third kappa shape index (κ3) is 4.94. The number of urea groups is 1. The molecule has 2 N–H and O–H groups in total. The Labute approximate surface area is 110 Å². The molecule has 0 bridgehead atoms. The van der Waals surface area contributed by atoms with E-state index in [9.17, 15) is 9.59 Å². The topological polar surface area (TPSA) is 69.6 Å². The molecule has 0 aliphatic heterocycles. The smallest absolute Gasteiger partial charge is 0.317 e. The van der Waals surface area contributed by atoms with Crippen molar-refractivity contribution in [2.45, 2.75) is 52.5 Å². The zero-order valence-electron chi connectivity index (χ0n) is 12.1. The van der Waals surface area contributed by atoms with E-state index in [0.29, 0.717) is 6.42 Å². The van der Waals surface area contributed by atoms with Gasteiger partial charge in [0.15, 0.2) is 0 Å². The highest BCUT2D eigenvalue weighted by Gasteiger charge is 2.26. The van der Waals surface area contributed by atoms with Gasteiger partial charge in [-0.25, -0.2) is 4.79 Å². The molecule has 1 unspecified atom stereocenters. The lowest BCUT2D eigenvalue weighted by Gasteiger charge is -2.35. The Bertz CT molecular complexity index is 290. The fourth-order valence-electron chi connectivity index (χ4n) is 1.50. The molecule has 0 rings (SSSR count). The molecule has 5 nitrogen and oxygen atoms in total. The van der Waals surface area contributed by atoms with Crippen molar-refractivity contribution in [3.05, 3.63) is 0 Å². The summed E-state index contributed by atoms with van der Waals surface area (Å²) < 4.78 is 0. The van der Waals surface area contributed by atoms with Crippen molar-refractivity contribution >= 4 is 12.0 Å². The Morgan fingerprint density at radius 2 is 1.89 bits per heavy atom. The maximum atomic E-state index is 11.9. The van der Waals surface area contributed by atoms with Crippen molar-refractivity contribution in [1.82, 2.24) is 10.2 Å². The summed E-state index contributed by atoms with van der Waals surface area (Å²) in [4.78, 5) is 24.5.